The Kier molecular flexibility index (Phi) is 1.52. The highest BCUT2D eigenvalue weighted by atomic mass is 16.3. The summed E-state index contributed by atoms with van der Waals surface area (Å²) in [5, 5.41) is 19.4. The van der Waals surface area contributed by atoms with Gasteiger partial charge >= 0.3 is 0 Å². The minimum atomic E-state index is -0.406. The molecule has 2 heteroatoms. The molecule has 0 heterocycles. The van der Waals surface area contributed by atoms with Crippen molar-refractivity contribution in [3.8, 4) is 0 Å². The molecule has 2 N–H and O–H groups in total. The largest absolute Gasteiger partial charge is 0.512 e. The fourth-order valence-corrected chi connectivity index (χ4v) is 2.60. The molecule has 0 aromatic rings. The molecule has 0 unspecified atom stereocenters. The maximum atomic E-state index is 9.90. The molecular weight excluding hydrogens is 152 g/mol. The first-order valence-electron chi connectivity index (χ1n) is 4.67. The maximum Gasteiger partial charge on any atom is 0.0912 e. The van der Waals surface area contributed by atoms with Crippen molar-refractivity contribution in [1.82, 2.24) is 0 Å². The summed E-state index contributed by atoms with van der Waals surface area (Å²) in [6.45, 7) is 3.64. The third-order valence-electron chi connectivity index (χ3n) is 3.82. The molecule has 0 spiro atoms. The average molecular weight is 168 g/mol. The van der Waals surface area contributed by atoms with Crippen LogP contribution in [-0.4, -0.2) is 15.8 Å². The lowest BCUT2D eigenvalue weighted by molar-refractivity contribution is -0.0891. The second kappa shape index (κ2) is 2.25. The van der Waals surface area contributed by atoms with Gasteiger partial charge in [-0.1, -0.05) is 6.58 Å². The first-order valence-corrected chi connectivity index (χ1v) is 4.67. The van der Waals surface area contributed by atoms with Crippen molar-refractivity contribution in [3.63, 3.8) is 0 Å². The zero-order chi connectivity index (χ0) is 8.82. The molecule has 2 bridgehead atoms. The van der Waals surface area contributed by atoms with Gasteiger partial charge in [0.15, 0.2) is 0 Å². The van der Waals surface area contributed by atoms with E-state index in [4.69, 9.17) is 0 Å². The number of fused-ring (bicyclic) bond motifs is 3. The highest BCUT2D eigenvalue weighted by Crippen LogP contribution is 2.54. The fraction of sp³-hybridized carbons (Fsp3) is 0.800. The van der Waals surface area contributed by atoms with E-state index in [1.807, 2.05) is 0 Å². The van der Waals surface area contributed by atoms with Crippen LogP contribution in [0.2, 0.25) is 0 Å². The normalized spacial score (nSPS) is 46.1. The van der Waals surface area contributed by atoms with Crippen LogP contribution >= 0.6 is 0 Å². The molecule has 0 amide bonds. The second-order valence-electron chi connectivity index (χ2n) is 4.45. The number of hydrogen-bond donors (Lipinski definition) is 2. The van der Waals surface area contributed by atoms with Gasteiger partial charge < -0.3 is 10.2 Å². The van der Waals surface area contributed by atoms with E-state index in [2.05, 4.69) is 6.58 Å². The Balaban J connectivity index is 2.20. The number of allylic oxidation sites excluding steroid dienone is 1. The number of aliphatic hydroxyl groups excluding tert-OH is 1. The van der Waals surface area contributed by atoms with Gasteiger partial charge in [-0.2, -0.15) is 0 Å². The van der Waals surface area contributed by atoms with Crippen LogP contribution < -0.4 is 0 Å². The summed E-state index contributed by atoms with van der Waals surface area (Å²) in [5.74, 6) is 0.337. The van der Waals surface area contributed by atoms with E-state index in [9.17, 15) is 10.2 Å². The van der Waals surface area contributed by atoms with E-state index < -0.39 is 5.60 Å². The summed E-state index contributed by atoms with van der Waals surface area (Å²) < 4.78 is 0. The monoisotopic (exact) mass is 168 g/mol. The van der Waals surface area contributed by atoms with Crippen molar-refractivity contribution in [3.05, 3.63) is 12.3 Å². The first-order chi connectivity index (χ1) is 5.56. The topological polar surface area (TPSA) is 40.5 Å². The van der Waals surface area contributed by atoms with Crippen molar-refractivity contribution in [1.29, 1.82) is 0 Å². The van der Waals surface area contributed by atoms with Crippen molar-refractivity contribution in [2.45, 2.75) is 44.1 Å². The van der Waals surface area contributed by atoms with E-state index in [1.54, 1.807) is 0 Å². The summed E-state index contributed by atoms with van der Waals surface area (Å²) >= 11 is 0. The van der Waals surface area contributed by atoms with Crippen LogP contribution in [0.3, 0.4) is 0 Å². The molecular formula is C10H16O2. The van der Waals surface area contributed by atoms with Crippen molar-refractivity contribution in [2.75, 3.05) is 0 Å². The third-order valence-corrected chi connectivity index (χ3v) is 3.82. The summed E-state index contributed by atoms with van der Waals surface area (Å²) in [6.07, 6.45) is 5.27. The van der Waals surface area contributed by atoms with Gasteiger partial charge in [-0.15, -0.1) is 0 Å². The Morgan fingerprint density at radius 1 is 1.00 bits per heavy atom. The van der Waals surface area contributed by atoms with E-state index in [0.29, 0.717) is 5.76 Å². The van der Waals surface area contributed by atoms with Gasteiger partial charge in [0.05, 0.1) is 11.4 Å². The lowest BCUT2D eigenvalue weighted by Gasteiger charge is -2.50. The van der Waals surface area contributed by atoms with Crippen LogP contribution in [0.15, 0.2) is 12.3 Å². The molecule has 2 nitrogen and oxygen atoms in total. The van der Waals surface area contributed by atoms with Gasteiger partial charge in [-0.05, 0) is 38.5 Å². The molecule has 68 valence electrons. The van der Waals surface area contributed by atoms with Crippen molar-refractivity contribution in [2.24, 2.45) is 5.41 Å². The Labute approximate surface area is 72.9 Å². The average Bonchev–Trinajstić information content (AvgIpc) is 2.06. The third kappa shape index (κ3) is 0.977. The molecule has 0 radical (unpaired) electrons. The van der Waals surface area contributed by atoms with Gasteiger partial charge in [0, 0.05) is 5.41 Å². The van der Waals surface area contributed by atoms with Crippen LogP contribution in [0.1, 0.15) is 38.5 Å². The molecule has 0 aromatic heterocycles. The van der Waals surface area contributed by atoms with Crippen LogP contribution in [0, 0.1) is 5.41 Å². The van der Waals surface area contributed by atoms with Crippen molar-refractivity contribution < 1.29 is 10.2 Å². The quantitative estimate of drug-likeness (QED) is 0.589. The summed E-state index contributed by atoms with van der Waals surface area (Å²) in [4.78, 5) is 0. The highest BCUT2D eigenvalue weighted by Gasteiger charge is 2.49. The van der Waals surface area contributed by atoms with Gasteiger partial charge in [-0.3, -0.25) is 0 Å². The van der Waals surface area contributed by atoms with Gasteiger partial charge in [0.1, 0.15) is 0 Å². The first kappa shape index (κ1) is 8.11. The van der Waals surface area contributed by atoms with E-state index in [-0.39, 0.29) is 5.41 Å². The van der Waals surface area contributed by atoms with Crippen LogP contribution in [0.25, 0.3) is 0 Å². The zero-order valence-electron chi connectivity index (χ0n) is 7.34. The Morgan fingerprint density at radius 3 is 1.75 bits per heavy atom. The standard InChI is InChI=1S/C10H16O2/c1-8(11)9-2-5-10(12,6-3-9)7-4-9/h11-12H,1-7H2. The number of aliphatic hydroxyl groups is 2. The van der Waals surface area contributed by atoms with Gasteiger partial charge in [0.2, 0.25) is 0 Å². The number of hydrogen-bond acceptors (Lipinski definition) is 2. The van der Waals surface area contributed by atoms with Crippen LogP contribution in [0.5, 0.6) is 0 Å². The van der Waals surface area contributed by atoms with Crippen molar-refractivity contribution >= 4 is 0 Å². The predicted octanol–water partition coefficient (Wildman–Crippen LogP) is 2.14. The van der Waals surface area contributed by atoms with E-state index in [0.717, 1.165) is 38.5 Å². The zero-order valence-corrected chi connectivity index (χ0v) is 7.34. The maximum absolute atomic E-state index is 9.90. The molecule has 0 aliphatic heterocycles. The Hall–Kier alpha value is -0.500. The molecule has 0 saturated heterocycles. The predicted molar refractivity (Wildman–Crippen MR) is 46.9 cm³/mol. The molecule has 3 aliphatic carbocycles. The lowest BCUT2D eigenvalue weighted by Crippen LogP contribution is -2.46. The van der Waals surface area contributed by atoms with Gasteiger partial charge in [0.25, 0.3) is 0 Å². The van der Waals surface area contributed by atoms with Crippen LogP contribution in [0.4, 0.5) is 0 Å². The summed E-state index contributed by atoms with van der Waals surface area (Å²) in [7, 11) is 0. The lowest BCUT2D eigenvalue weighted by atomic mass is 9.58. The fourth-order valence-electron chi connectivity index (χ4n) is 2.60. The molecule has 0 atom stereocenters. The summed E-state index contributed by atoms with van der Waals surface area (Å²) in [6, 6.07) is 0. The highest BCUT2D eigenvalue weighted by molar-refractivity contribution is 5.11. The molecule has 12 heavy (non-hydrogen) atoms. The SMILES string of the molecule is C=C(O)C12CCC(O)(CC1)CC2. The molecule has 3 saturated carbocycles. The minimum Gasteiger partial charge on any atom is -0.512 e. The molecule has 3 rings (SSSR count). The molecule has 3 fully saturated rings. The van der Waals surface area contributed by atoms with Gasteiger partial charge in [-0.25, -0.2) is 0 Å². The van der Waals surface area contributed by atoms with E-state index in [1.165, 1.54) is 0 Å². The minimum absolute atomic E-state index is 0.0372. The smallest absolute Gasteiger partial charge is 0.0912 e. The molecule has 3 aliphatic rings. The van der Waals surface area contributed by atoms with Crippen LogP contribution in [-0.2, 0) is 0 Å². The Morgan fingerprint density at radius 2 is 1.42 bits per heavy atom. The summed E-state index contributed by atoms with van der Waals surface area (Å²) in [5.41, 5.74) is -0.443. The Bertz CT molecular complexity index is 195. The molecule has 0 aromatic carbocycles. The second-order valence-corrected chi connectivity index (χ2v) is 4.45. The van der Waals surface area contributed by atoms with E-state index >= 15 is 0 Å². The number of rotatable bonds is 1.